The predicted molar refractivity (Wildman–Crippen MR) is 113 cm³/mol. The smallest absolute Gasteiger partial charge is 0.312 e. The van der Waals surface area contributed by atoms with E-state index in [-0.39, 0.29) is 0 Å². The van der Waals surface area contributed by atoms with Crippen LogP contribution in [0.2, 0.25) is 0 Å². The average Bonchev–Trinajstić information content (AvgIpc) is 3.16. The first-order chi connectivity index (χ1) is 14.1. The Morgan fingerprint density at radius 1 is 1.14 bits per heavy atom. The van der Waals surface area contributed by atoms with Crippen LogP contribution in [0.1, 0.15) is 42.6 Å². The lowest BCUT2D eigenvalue weighted by molar-refractivity contribution is 0.0409. The first kappa shape index (κ1) is 19.3. The summed E-state index contributed by atoms with van der Waals surface area (Å²) >= 11 is 0. The van der Waals surface area contributed by atoms with E-state index in [1.54, 1.807) is 24.3 Å². The molecular formula is C23H26N4O2. The van der Waals surface area contributed by atoms with Crippen molar-refractivity contribution in [2.24, 2.45) is 5.92 Å². The molecule has 1 aromatic heterocycles. The molecule has 0 saturated carbocycles. The number of carbonyl (C=O) groups is 1. The van der Waals surface area contributed by atoms with Crippen molar-refractivity contribution >= 4 is 22.6 Å². The normalized spacial score (nSPS) is 14.9. The van der Waals surface area contributed by atoms with Crippen molar-refractivity contribution in [1.29, 1.82) is 0 Å². The van der Waals surface area contributed by atoms with Gasteiger partial charge in [-0.15, -0.1) is 5.10 Å². The summed E-state index contributed by atoms with van der Waals surface area (Å²) < 4.78 is 0. The van der Waals surface area contributed by atoms with Crippen molar-refractivity contribution in [3.8, 4) is 0 Å². The molecule has 0 spiro atoms. The van der Waals surface area contributed by atoms with Crippen LogP contribution >= 0.6 is 0 Å². The molecule has 4 rings (SSSR count). The number of nitrogens with zero attached hydrogens (tertiary/aromatic N) is 4. The fraction of sp³-hybridized carbons (Fsp3) is 0.348. The zero-order chi connectivity index (χ0) is 20.2. The third-order valence-corrected chi connectivity index (χ3v) is 5.29. The van der Waals surface area contributed by atoms with Crippen molar-refractivity contribution in [1.82, 2.24) is 20.1 Å². The maximum Gasteiger partial charge on any atom is 0.365 e. The summed E-state index contributed by atoms with van der Waals surface area (Å²) in [5.41, 5.74) is 4.26. The summed E-state index contributed by atoms with van der Waals surface area (Å²) in [6.07, 6.45) is 4.49. The van der Waals surface area contributed by atoms with Gasteiger partial charge in [-0.3, -0.25) is 4.90 Å². The van der Waals surface area contributed by atoms with Crippen molar-refractivity contribution in [2.45, 2.75) is 26.7 Å². The monoisotopic (exact) mass is 390 g/mol. The number of benzene rings is 2. The van der Waals surface area contributed by atoms with Crippen LogP contribution in [0.25, 0.3) is 16.6 Å². The largest absolute Gasteiger partial charge is 0.365 e. The van der Waals surface area contributed by atoms with Gasteiger partial charge in [-0.05, 0) is 54.3 Å². The molecule has 3 aromatic rings. The van der Waals surface area contributed by atoms with Crippen LogP contribution in [-0.2, 0) is 0 Å². The zero-order valence-electron chi connectivity index (χ0n) is 16.9. The standard InChI is InChI=1S/C23H26N4O2/c1-17(2)11-14-26-15-12-18(13-16-26)20-9-6-10-21-22(20)24-25-27(21)29-23(28)19-7-4-3-5-8-19/h3-10,12,17H,11,13-16H2,1-2H3. The summed E-state index contributed by atoms with van der Waals surface area (Å²) in [5.74, 6) is 0.267. The van der Waals surface area contributed by atoms with Gasteiger partial charge in [-0.2, -0.15) is 0 Å². The van der Waals surface area contributed by atoms with Gasteiger partial charge in [-0.25, -0.2) is 4.79 Å². The molecule has 0 radical (unpaired) electrons. The van der Waals surface area contributed by atoms with E-state index in [2.05, 4.69) is 41.2 Å². The molecule has 0 saturated heterocycles. The maximum absolute atomic E-state index is 12.4. The average molecular weight is 390 g/mol. The quantitative estimate of drug-likeness (QED) is 0.599. The minimum atomic E-state index is -0.458. The lowest BCUT2D eigenvalue weighted by atomic mass is 9.98. The lowest BCUT2D eigenvalue weighted by Crippen LogP contribution is -2.30. The van der Waals surface area contributed by atoms with Gasteiger partial charge in [0, 0.05) is 18.7 Å². The van der Waals surface area contributed by atoms with Gasteiger partial charge in [0.05, 0.1) is 5.56 Å². The molecule has 0 bridgehead atoms. The molecule has 6 heteroatoms. The predicted octanol–water partition coefficient (Wildman–Crippen LogP) is 3.84. The molecule has 6 nitrogen and oxygen atoms in total. The Hall–Kier alpha value is -2.99. The summed E-state index contributed by atoms with van der Waals surface area (Å²) in [5, 5.41) is 8.37. The van der Waals surface area contributed by atoms with Gasteiger partial charge in [0.25, 0.3) is 0 Å². The number of carbonyl (C=O) groups excluding carboxylic acids is 1. The topological polar surface area (TPSA) is 60.3 Å². The zero-order valence-corrected chi connectivity index (χ0v) is 16.9. The molecule has 1 aliphatic rings. The Balaban J connectivity index is 1.53. The highest BCUT2D eigenvalue weighted by Crippen LogP contribution is 2.28. The highest BCUT2D eigenvalue weighted by molar-refractivity contribution is 5.91. The highest BCUT2D eigenvalue weighted by Gasteiger charge is 2.18. The molecule has 0 amide bonds. The van der Waals surface area contributed by atoms with Crippen LogP contribution in [-0.4, -0.2) is 45.7 Å². The van der Waals surface area contributed by atoms with Crippen LogP contribution in [0.3, 0.4) is 0 Å². The Labute approximate surface area is 170 Å². The second-order valence-corrected chi connectivity index (χ2v) is 7.84. The summed E-state index contributed by atoms with van der Waals surface area (Å²) in [7, 11) is 0. The van der Waals surface area contributed by atoms with Crippen LogP contribution < -0.4 is 4.84 Å². The third-order valence-electron chi connectivity index (χ3n) is 5.29. The van der Waals surface area contributed by atoms with Crippen LogP contribution in [0.15, 0.2) is 54.6 Å². The summed E-state index contributed by atoms with van der Waals surface area (Å²) in [6, 6.07) is 14.8. The van der Waals surface area contributed by atoms with Crippen molar-refractivity contribution in [3.63, 3.8) is 0 Å². The van der Waals surface area contributed by atoms with Crippen molar-refractivity contribution < 1.29 is 9.63 Å². The molecule has 1 aliphatic heterocycles. The van der Waals surface area contributed by atoms with E-state index in [4.69, 9.17) is 4.84 Å². The molecule has 0 fully saturated rings. The van der Waals surface area contributed by atoms with Gasteiger partial charge in [-0.1, -0.05) is 55.1 Å². The second kappa shape index (κ2) is 8.57. The first-order valence-corrected chi connectivity index (χ1v) is 10.2. The van der Waals surface area contributed by atoms with Gasteiger partial charge in [0.15, 0.2) is 0 Å². The van der Waals surface area contributed by atoms with Gasteiger partial charge >= 0.3 is 5.97 Å². The number of rotatable bonds is 6. The highest BCUT2D eigenvalue weighted by atomic mass is 16.7. The number of hydrogen-bond donors (Lipinski definition) is 0. The van der Waals surface area contributed by atoms with Crippen molar-refractivity contribution in [3.05, 3.63) is 65.7 Å². The van der Waals surface area contributed by atoms with E-state index in [1.807, 2.05) is 18.2 Å². The molecule has 0 unspecified atom stereocenters. The van der Waals surface area contributed by atoms with E-state index < -0.39 is 5.97 Å². The van der Waals surface area contributed by atoms with E-state index >= 15 is 0 Å². The second-order valence-electron chi connectivity index (χ2n) is 7.84. The Morgan fingerprint density at radius 3 is 2.69 bits per heavy atom. The fourth-order valence-electron chi connectivity index (χ4n) is 3.56. The Kier molecular flexibility index (Phi) is 5.71. The third kappa shape index (κ3) is 4.38. The number of aromatic nitrogens is 3. The maximum atomic E-state index is 12.4. The number of fused-ring (bicyclic) bond motifs is 1. The van der Waals surface area contributed by atoms with Crippen molar-refractivity contribution in [2.75, 3.05) is 19.6 Å². The molecule has 2 aromatic carbocycles. The molecule has 150 valence electrons. The Bertz CT molecular complexity index is 1020. The molecular weight excluding hydrogens is 364 g/mol. The minimum Gasteiger partial charge on any atom is -0.312 e. The van der Waals surface area contributed by atoms with E-state index in [0.717, 1.165) is 43.1 Å². The number of hydrogen-bond acceptors (Lipinski definition) is 5. The molecule has 29 heavy (non-hydrogen) atoms. The lowest BCUT2D eigenvalue weighted by Gasteiger charge is -2.27. The van der Waals surface area contributed by atoms with E-state index in [9.17, 15) is 4.79 Å². The summed E-state index contributed by atoms with van der Waals surface area (Å²) in [4.78, 5) is 21.5. The van der Waals surface area contributed by atoms with Gasteiger partial charge in [0.2, 0.25) is 0 Å². The SMILES string of the molecule is CC(C)CCN1CC=C(c2cccc3c2nnn3OC(=O)c2ccccc2)CC1. The summed E-state index contributed by atoms with van der Waals surface area (Å²) in [6.45, 7) is 7.67. The first-order valence-electron chi connectivity index (χ1n) is 10.2. The minimum absolute atomic E-state index is 0.458. The van der Waals surface area contributed by atoms with Crippen LogP contribution in [0.4, 0.5) is 0 Å². The fourth-order valence-corrected chi connectivity index (χ4v) is 3.56. The van der Waals surface area contributed by atoms with E-state index in [1.165, 1.54) is 16.8 Å². The van der Waals surface area contributed by atoms with E-state index in [0.29, 0.717) is 11.1 Å². The molecule has 0 aliphatic carbocycles. The molecule has 0 N–H and O–H groups in total. The van der Waals surface area contributed by atoms with Gasteiger partial charge < -0.3 is 4.84 Å². The van der Waals surface area contributed by atoms with Gasteiger partial charge in [0.1, 0.15) is 11.0 Å². The van der Waals surface area contributed by atoms with Crippen LogP contribution in [0, 0.1) is 5.92 Å². The van der Waals surface area contributed by atoms with Crippen LogP contribution in [0.5, 0.6) is 0 Å². The molecule has 2 heterocycles. The molecule has 0 atom stereocenters. The Morgan fingerprint density at radius 2 is 1.97 bits per heavy atom.